The lowest BCUT2D eigenvalue weighted by molar-refractivity contribution is -0.142. The molecule has 7 heteroatoms. The standard InChI is InChI=1S/C17H27NO6/c1-16(2,3)23-14(21)18(15(22)24-17(4,5)6)12-9-7-8-11(10-12)13(19)20/h7,9,11-12H,8,10H2,1-6H3,(H,19,20)/t11?,12-/m1/s1. The van der Waals surface area contributed by atoms with E-state index in [9.17, 15) is 19.5 Å². The van der Waals surface area contributed by atoms with E-state index >= 15 is 0 Å². The van der Waals surface area contributed by atoms with Crippen molar-refractivity contribution in [2.75, 3.05) is 0 Å². The Hall–Kier alpha value is -2.05. The molecular weight excluding hydrogens is 314 g/mol. The molecule has 0 fully saturated rings. The summed E-state index contributed by atoms with van der Waals surface area (Å²) in [6.07, 6.45) is 2.10. The Balaban J connectivity index is 3.06. The summed E-state index contributed by atoms with van der Waals surface area (Å²) >= 11 is 0. The first-order valence-electron chi connectivity index (χ1n) is 7.95. The molecule has 0 heterocycles. The highest BCUT2D eigenvalue weighted by Crippen LogP contribution is 2.26. The second-order valence-corrected chi connectivity index (χ2v) is 7.83. The van der Waals surface area contributed by atoms with Gasteiger partial charge in [0.05, 0.1) is 12.0 Å². The van der Waals surface area contributed by atoms with Crippen molar-refractivity contribution >= 4 is 18.2 Å². The fourth-order valence-corrected chi connectivity index (χ4v) is 2.23. The van der Waals surface area contributed by atoms with Gasteiger partial charge in [-0.05, 0) is 54.4 Å². The van der Waals surface area contributed by atoms with E-state index < -0.39 is 41.3 Å². The van der Waals surface area contributed by atoms with Gasteiger partial charge in [0.15, 0.2) is 0 Å². The third kappa shape index (κ3) is 6.22. The van der Waals surface area contributed by atoms with Crippen LogP contribution >= 0.6 is 0 Å². The number of allylic oxidation sites excluding steroid dienone is 1. The van der Waals surface area contributed by atoms with Crippen LogP contribution in [0.3, 0.4) is 0 Å². The van der Waals surface area contributed by atoms with Crippen molar-refractivity contribution in [3.05, 3.63) is 12.2 Å². The van der Waals surface area contributed by atoms with Crippen LogP contribution in [0.5, 0.6) is 0 Å². The van der Waals surface area contributed by atoms with E-state index in [1.54, 1.807) is 53.7 Å². The Bertz CT molecular complexity index is 498. The molecule has 0 spiro atoms. The van der Waals surface area contributed by atoms with Crippen LogP contribution in [0.2, 0.25) is 0 Å². The highest BCUT2D eigenvalue weighted by atomic mass is 16.6. The Morgan fingerprint density at radius 3 is 1.83 bits per heavy atom. The normalized spacial score (nSPS) is 21.1. The number of carboxylic acid groups (broad SMARTS) is 1. The maximum absolute atomic E-state index is 12.5. The number of carboxylic acids is 1. The van der Waals surface area contributed by atoms with E-state index in [2.05, 4.69) is 0 Å². The number of carbonyl (C=O) groups excluding carboxylic acids is 2. The highest BCUT2D eigenvalue weighted by Gasteiger charge is 2.38. The molecule has 0 aromatic carbocycles. The topological polar surface area (TPSA) is 93.1 Å². The quantitative estimate of drug-likeness (QED) is 0.772. The van der Waals surface area contributed by atoms with E-state index in [1.165, 1.54) is 0 Å². The molecule has 1 N–H and O–H groups in total. The molecule has 1 aliphatic carbocycles. The van der Waals surface area contributed by atoms with Gasteiger partial charge in [-0.2, -0.15) is 0 Å². The van der Waals surface area contributed by atoms with Crippen molar-refractivity contribution in [1.82, 2.24) is 4.90 Å². The summed E-state index contributed by atoms with van der Waals surface area (Å²) in [5.74, 6) is -1.62. The lowest BCUT2D eigenvalue weighted by atomic mass is 9.90. The van der Waals surface area contributed by atoms with Gasteiger partial charge in [0.25, 0.3) is 0 Å². The molecule has 0 aliphatic heterocycles. The van der Waals surface area contributed by atoms with Gasteiger partial charge in [-0.15, -0.1) is 0 Å². The zero-order valence-electron chi connectivity index (χ0n) is 15.2. The molecule has 1 aliphatic rings. The lowest BCUT2D eigenvalue weighted by Gasteiger charge is -2.34. The molecule has 0 aromatic heterocycles. The smallest absolute Gasteiger partial charge is 0.420 e. The summed E-state index contributed by atoms with van der Waals surface area (Å²) < 4.78 is 10.6. The Morgan fingerprint density at radius 1 is 1.00 bits per heavy atom. The van der Waals surface area contributed by atoms with Crippen LogP contribution in [0, 0.1) is 5.92 Å². The van der Waals surface area contributed by atoms with E-state index in [-0.39, 0.29) is 6.42 Å². The number of aliphatic carboxylic acids is 1. The minimum Gasteiger partial charge on any atom is -0.481 e. The Labute approximate surface area is 142 Å². The number of hydrogen-bond acceptors (Lipinski definition) is 5. The van der Waals surface area contributed by atoms with Crippen LogP contribution in [-0.4, -0.2) is 45.4 Å². The third-order valence-electron chi connectivity index (χ3n) is 3.17. The van der Waals surface area contributed by atoms with E-state index in [0.29, 0.717) is 6.42 Å². The van der Waals surface area contributed by atoms with Crippen molar-refractivity contribution in [3.63, 3.8) is 0 Å². The van der Waals surface area contributed by atoms with Crippen LogP contribution in [0.1, 0.15) is 54.4 Å². The SMILES string of the molecule is CC(C)(C)OC(=O)N(C(=O)OC(C)(C)C)[C@@H]1C=CCC(C(=O)O)C1. The van der Waals surface area contributed by atoms with Gasteiger partial charge in [0.1, 0.15) is 11.2 Å². The van der Waals surface area contributed by atoms with Crippen LogP contribution in [-0.2, 0) is 14.3 Å². The summed E-state index contributed by atoms with van der Waals surface area (Å²) in [6, 6.07) is -0.718. The zero-order chi connectivity index (χ0) is 18.7. The zero-order valence-corrected chi connectivity index (χ0v) is 15.2. The summed E-state index contributed by atoms with van der Waals surface area (Å²) in [5.41, 5.74) is -1.58. The highest BCUT2D eigenvalue weighted by molar-refractivity contribution is 5.89. The van der Waals surface area contributed by atoms with Crippen molar-refractivity contribution in [1.29, 1.82) is 0 Å². The summed E-state index contributed by atoms with van der Waals surface area (Å²) in [4.78, 5) is 37.1. The molecule has 7 nitrogen and oxygen atoms in total. The molecule has 24 heavy (non-hydrogen) atoms. The van der Waals surface area contributed by atoms with Gasteiger partial charge in [-0.25, -0.2) is 14.5 Å². The molecule has 0 saturated carbocycles. The first-order valence-corrected chi connectivity index (χ1v) is 7.95. The summed E-state index contributed by atoms with van der Waals surface area (Å²) in [5, 5.41) is 9.20. The maximum atomic E-state index is 12.5. The summed E-state index contributed by atoms with van der Waals surface area (Å²) in [7, 11) is 0. The maximum Gasteiger partial charge on any atom is 0.420 e. The van der Waals surface area contributed by atoms with Gasteiger partial charge >= 0.3 is 18.2 Å². The van der Waals surface area contributed by atoms with E-state index in [1.807, 2.05) is 0 Å². The third-order valence-corrected chi connectivity index (χ3v) is 3.17. The molecule has 2 atom stereocenters. The monoisotopic (exact) mass is 341 g/mol. The number of rotatable bonds is 2. The van der Waals surface area contributed by atoms with Gasteiger partial charge in [0.2, 0.25) is 0 Å². The molecule has 1 rings (SSSR count). The number of imide groups is 1. The molecule has 0 radical (unpaired) electrons. The molecule has 1 unspecified atom stereocenters. The Morgan fingerprint density at radius 2 is 1.46 bits per heavy atom. The molecular formula is C17H27NO6. The molecule has 0 aromatic rings. The largest absolute Gasteiger partial charge is 0.481 e. The first-order chi connectivity index (χ1) is 10.8. The minimum atomic E-state index is -0.960. The predicted octanol–water partition coefficient (Wildman–Crippen LogP) is 3.58. The van der Waals surface area contributed by atoms with Gasteiger partial charge < -0.3 is 14.6 Å². The average molecular weight is 341 g/mol. The number of carbonyl (C=O) groups is 3. The van der Waals surface area contributed by atoms with Gasteiger partial charge in [0, 0.05) is 0 Å². The average Bonchev–Trinajstić information content (AvgIpc) is 2.34. The number of amides is 2. The lowest BCUT2D eigenvalue weighted by Crippen LogP contribution is -2.49. The molecule has 2 amide bonds. The summed E-state index contributed by atoms with van der Waals surface area (Å²) in [6.45, 7) is 10.1. The van der Waals surface area contributed by atoms with Crippen LogP contribution in [0.4, 0.5) is 9.59 Å². The van der Waals surface area contributed by atoms with Gasteiger partial charge in [-0.1, -0.05) is 12.2 Å². The van der Waals surface area contributed by atoms with Gasteiger partial charge in [-0.3, -0.25) is 4.79 Å². The number of ether oxygens (including phenoxy) is 2. The number of nitrogens with zero attached hydrogens (tertiary/aromatic N) is 1. The van der Waals surface area contributed by atoms with E-state index in [0.717, 1.165) is 4.90 Å². The number of hydrogen-bond donors (Lipinski definition) is 1. The van der Waals surface area contributed by atoms with Crippen LogP contribution in [0.15, 0.2) is 12.2 Å². The van der Waals surface area contributed by atoms with Crippen molar-refractivity contribution < 1.29 is 29.0 Å². The second-order valence-electron chi connectivity index (χ2n) is 7.83. The first kappa shape index (κ1) is 20.0. The predicted molar refractivity (Wildman–Crippen MR) is 87.6 cm³/mol. The van der Waals surface area contributed by atoms with Crippen molar-refractivity contribution in [2.24, 2.45) is 5.92 Å². The molecule has 0 bridgehead atoms. The minimum absolute atomic E-state index is 0.129. The second kappa shape index (κ2) is 7.23. The van der Waals surface area contributed by atoms with E-state index in [4.69, 9.17) is 9.47 Å². The van der Waals surface area contributed by atoms with Crippen molar-refractivity contribution in [3.8, 4) is 0 Å². The Kier molecular flexibility index (Phi) is 6.03. The molecule has 0 saturated heterocycles. The fourth-order valence-electron chi connectivity index (χ4n) is 2.23. The van der Waals surface area contributed by atoms with Crippen LogP contribution < -0.4 is 0 Å². The van der Waals surface area contributed by atoms with Crippen molar-refractivity contribution in [2.45, 2.75) is 71.6 Å². The molecule has 136 valence electrons. The van der Waals surface area contributed by atoms with Crippen LogP contribution in [0.25, 0.3) is 0 Å². The fraction of sp³-hybridized carbons (Fsp3) is 0.706.